The van der Waals surface area contributed by atoms with E-state index in [1.165, 1.54) is 24.8 Å². The Morgan fingerprint density at radius 3 is 2.79 bits per heavy atom. The number of pyridine rings is 1. The van der Waals surface area contributed by atoms with E-state index in [0.29, 0.717) is 6.54 Å². The number of rotatable bonds is 8. The van der Waals surface area contributed by atoms with Crippen molar-refractivity contribution in [1.29, 1.82) is 0 Å². The lowest BCUT2D eigenvalue weighted by Gasteiger charge is -2.27. The molecule has 1 aliphatic heterocycles. The Bertz CT molecular complexity index is 696. The number of guanidine groups is 1. The monoisotopic (exact) mass is 497 g/mol. The fourth-order valence-electron chi connectivity index (χ4n) is 3.25. The van der Waals surface area contributed by atoms with Gasteiger partial charge in [0, 0.05) is 51.3 Å². The highest BCUT2D eigenvalue weighted by atomic mass is 127. The van der Waals surface area contributed by atoms with Gasteiger partial charge in [-0.25, -0.2) is 9.98 Å². The zero-order valence-corrected chi connectivity index (χ0v) is 19.0. The topological polar surface area (TPSA) is 70.4 Å². The van der Waals surface area contributed by atoms with E-state index in [-0.39, 0.29) is 24.0 Å². The van der Waals surface area contributed by atoms with E-state index in [4.69, 9.17) is 4.99 Å². The largest absolute Gasteiger partial charge is 0.357 e. The van der Waals surface area contributed by atoms with Crippen LogP contribution in [0.5, 0.6) is 0 Å². The molecular formula is C20H32IN7. The summed E-state index contributed by atoms with van der Waals surface area (Å²) in [5.74, 6) is 1.94. The maximum atomic E-state index is 4.73. The molecule has 154 valence electrons. The minimum Gasteiger partial charge on any atom is -0.357 e. The quantitative estimate of drug-likeness (QED) is 0.254. The van der Waals surface area contributed by atoms with Gasteiger partial charge in [0.1, 0.15) is 5.82 Å². The van der Waals surface area contributed by atoms with E-state index >= 15 is 0 Å². The molecule has 2 aromatic rings. The van der Waals surface area contributed by atoms with Gasteiger partial charge >= 0.3 is 0 Å². The lowest BCUT2D eigenvalue weighted by atomic mass is 10.1. The number of nitrogens with one attached hydrogen (secondary N) is 2. The molecule has 0 aromatic carbocycles. The van der Waals surface area contributed by atoms with Gasteiger partial charge in [-0.05, 0) is 56.4 Å². The van der Waals surface area contributed by atoms with Crippen molar-refractivity contribution < 1.29 is 0 Å². The minimum absolute atomic E-state index is 0. The molecule has 0 bridgehead atoms. The number of piperidine rings is 1. The summed E-state index contributed by atoms with van der Waals surface area (Å²) in [5, 5.41) is 10.9. The summed E-state index contributed by atoms with van der Waals surface area (Å²) in [7, 11) is 0. The summed E-state index contributed by atoms with van der Waals surface area (Å²) in [6, 6.07) is 6.18. The molecule has 1 aliphatic rings. The van der Waals surface area contributed by atoms with Gasteiger partial charge in [-0.15, -0.1) is 24.0 Å². The molecule has 8 heteroatoms. The molecule has 28 heavy (non-hydrogen) atoms. The van der Waals surface area contributed by atoms with Crippen molar-refractivity contribution in [3.05, 3.63) is 42.4 Å². The van der Waals surface area contributed by atoms with Gasteiger partial charge in [-0.1, -0.05) is 0 Å². The summed E-state index contributed by atoms with van der Waals surface area (Å²) in [6.45, 7) is 7.57. The summed E-state index contributed by atoms with van der Waals surface area (Å²) in [4.78, 5) is 11.7. The summed E-state index contributed by atoms with van der Waals surface area (Å²) in [5.41, 5.74) is 1.19. The van der Waals surface area contributed by atoms with Crippen molar-refractivity contribution in [2.75, 3.05) is 31.1 Å². The number of anilines is 1. The van der Waals surface area contributed by atoms with Gasteiger partial charge in [0.25, 0.3) is 0 Å². The molecular weight excluding hydrogens is 465 g/mol. The van der Waals surface area contributed by atoms with Crippen LogP contribution in [0.1, 0.15) is 38.2 Å². The van der Waals surface area contributed by atoms with Crippen LogP contribution in [0.25, 0.3) is 0 Å². The number of hydrogen-bond acceptors (Lipinski definition) is 4. The normalized spacial score (nSPS) is 14.5. The Labute approximate surface area is 185 Å². The molecule has 0 unspecified atom stereocenters. The maximum absolute atomic E-state index is 4.73. The molecule has 3 rings (SSSR count). The van der Waals surface area contributed by atoms with Crippen molar-refractivity contribution in [3.8, 4) is 0 Å². The highest BCUT2D eigenvalue weighted by Gasteiger charge is 2.12. The smallest absolute Gasteiger partial charge is 0.191 e. The predicted molar refractivity (Wildman–Crippen MR) is 125 cm³/mol. The van der Waals surface area contributed by atoms with Gasteiger partial charge in [0.2, 0.25) is 0 Å². The van der Waals surface area contributed by atoms with Crippen LogP contribution in [0.15, 0.2) is 41.8 Å². The molecule has 0 saturated carbocycles. The van der Waals surface area contributed by atoms with E-state index < -0.39 is 0 Å². The minimum atomic E-state index is 0. The molecule has 7 nitrogen and oxygen atoms in total. The average Bonchev–Trinajstić information content (AvgIpc) is 3.24. The lowest BCUT2D eigenvalue weighted by Crippen LogP contribution is -2.38. The first-order valence-electron chi connectivity index (χ1n) is 10.0. The first-order chi connectivity index (χ1) is 13.3. The second-order valence-electron chi connectivity index (χ2n) is 6.81. The second-order valence-corrected chi connectivity index (χ2v) is 6.81. The van der Waals surface area contributed by atoms with Crippen LogP contribution >= 0.6 is 24.0 Å². The zero-order chi connectivity index (χ0) is 18.7. The van der Waals surface area contributed by atoms with Gasteiger partial charge in [-0.3, -0.25) is 4.68 Å². The third-order valence-corrected chi connectivity index (χ3v) is 4.67. The first kappa shape index (κ1) is 22.4. The summed E-state index contributed by atoms with van der Waals surface area (Å²) >= 11 is 0. The summed E-state index contributed by atoms with van der Waals surface area (Å²) < 4.78 is 1.95. The number of aliphatic imine (C=N–C) groups is 1. The van der Waals surface area contributed by atoms with Gasteiger partial charge in [-0.2, -0.15) is 5.10 Å². The van der Waals surface area contributed by atoms with Crippen molar-refractivity contribution in [2.24, 2.45) is 4.99 Å². The number of aromatic nitrogens is 3. The second kappa shape index (κ2) is 12.6. The van der Waals surface area contributed by atoms with Gasteiger partial charge < -0.3 is 15.5 Å². The third kappa shape index (κ3) is 7.29. The fraction of sp³-hybridized carbons (Fsp3) is 0.550. The molecule has 0 spiro atoms. The molecule has 3 heterocycles. The van der Waals surface area contributed by atoms with Crippen molar-refractivity contribution in [1.82, 2.24) is 25.4 Å². The Morgan fingerprint density at radius 1 is 1.18 bits per heavy atom. The average molecular weight is 497 g/mol. The van der Waals surface area contributed by atoms with Crippen LogP contribution in [0.3, 0.4) is 0 Å². The van der Waals surface area contributed by atoms with E-state index in [2.05, 4.69) is 44.7 Å². The zero-order valence-electron chi connectivity index (χ0n) is 16.7. The molecule has 0 aliphatic carbocycles. The van der Waals surface area contributed by atoms with E-state index in [1.54, 1.807) is 0 Å². The van der Waals surface area contributed by atoms with Crippen LogP contribution in [-0.2, 0) is 13.1 Å². The first-order valence-corrected chi connectivity index (χ1v) is 10.0. The van der Waals surface area contributed by atoms with Crippen molar-refractivity contribution in [3.63, 3.8) is 0 Å². The number of nitrogens with zero attached hydrogens (tertiary/aromatic N) is 5. The maximum Gasteiger partial charge on any atom is 0.191 e. The third-order valence-electron chi connectivity index (χ3n) is 4.67. The molecule has 0 amide bonds. The van der Waals surface area contributed by atoms with E-state index in [0.717, 1.165) is 50.9 Å². The number of hydrogen-bond donors (Lipinski definition) is 2. The van der Waals surface area contributed by atoms with E-state index in [9.17, 15) is 0 Å². The molecule has 2 N–H and O–H groups in total. The van der Waals surface area contributed by atoms with Gasteiger partial charge in [0.15, 0.2) is 5.96 Å². The molecule has 1 saturated heterocycles. The van der Waals surface area contributed by atoms with Crippen molar-refractivity contribution in [2.45, 2.75) is 45.7 Å². The van der Waals surface area contributed by atoms with E-state index in [1.807, 2.05) is 29.3 Å². The highest BCUT2D eigenvalue weighted by Crippen LogP contribution is 2.18. The molecule has 2 aromatic heterocycles. The Balaban J connectivity index is 0.00000280. The van der Waals surface area contributed by atoms with Crippen LogP contribution in [0.4, 0.5) is 5.82 Å². The fourth-order valence-corrected chi connectivity index (χ4v) is 3.25. The Morgan fingerprint density at radius 2 is 2.04 bits per heavy atom. The Hall–Kier alpha value is -1.84. The molecule has 0 atom stereocenters. The number of halogens is 1. The van der Waals surface area contributed by atoms with Crippen LogP contribution < -0.4 is 15.5 Å². The van der Waals surface area contributed by atoms with Gasteiger partial charge in [0.05, 0.1) is 6.54 Å². The SMILES string of the molecule is CCNC(=NCc1ccnc(N2CCCCC2)c1)NCCCn1cccn1.I. The lowest BCUT2D eigenvalue weighted by molar-refractivity contribution is 0.570. The summed E-state index contributed by atoms with van der Waals surface area (Å²) in [6.07, 6.45) is 10.6. The Kier molecular flexibility index (Phi) is 10.1. The standard InChI is InChI=1S/C20H31N7.HI/c1-2-21-20(23-9-6-14-27-15-7-10-25-27)24-17-18-8-11-22-19(16-18)26-12-4-3-5-13-26;/h7-8,10-11,15-16H,2-6,9,12-14,17H2,1H3,(H2,21,23,24);1H. The van der Waals surface area contributed by atoms with Crippen molar-refractivity contribution >= 4 is 35.8 Å². The molecule has 0 radical (unpaired) electrons. The van der Waals surface area contributed by atoms with Crippen LogP contribution in [0.2, 0.25) is 0 Å². The highest BCUT2D eigenvalue weighted by molar-refractivity contribution is 14.0. The number of aryl methyl sites for hydroxylation is 1. The predicted octanol–water partition coefficient (Wildman–Crippen LogP) is 3.03. The van der Waals surface area contributed by atoms with Crippen LogP contribution in [0, 0.1) is 0 Å². The molecule has 1 fully saturated rings. The van der Waals surface area contributed by atoms with Crippen LogP contribution in [-0.4, -0.2) is 46.9 Å².